The summed E-state index contributed by atoms with van der Waals surface area (Å²) in [5.41, 5.74) is 13.0. The van der Waals surface area contributed by atoms with E-state index in [4.69, 9.17) is 11.5 Å². The number of amides is 1. The highest BCUT2D eigenvalue weighted by Crippen LogP contribution is 2.20. The van der Waals surface area contributed by atoms with Gasteiger partial charge < -0.3 is 11.5 Å². The number of rotatable bonds is 7. The van der Waals surface area contributed by atoms with Crippen molar-refractivity contribution in [2.24, 2.45) is 5.73 Å². The molecule has 0 aliphatic heterocycles. The summed E-state index contributed by atoms with van der Waals surface area (Å²) < 4.78 is 0. The van der Waals surface area contributed by atoms with Gasteiger partial charge in [0.2, 0.25) is 5.91 Å². The molecule has 0 aliphatic rings. The second-order valence-corrected chi connectivity index (χ2v) is 6.33. The van der Waals surface area contributed by atoms with Crippen molar-refractivity contribution >= 4 is 22.9 Å². The molecule has 1 heterocycles. The maximum absolute atomic E-state index is 11.3. The summed E-state index contributed by atoms with van der Waals surface area (Å²) in [6.07, 6.45) is 1.04. The van der Waals surface area contributed by atoms with Crippen LogP contribution < -0.4 is 11.5 Å². The lowest BCUT2D eigenvalue weighted by atomic mass is 10.2. The van der Waals surface area contributed by atoms with Crippen LogP contribution in [0.1, 0.15) is 22.2 Å². The number of hydrogen-bond acceptors (Lipinski definition) is 4. The predicted molar refractivity (Wildman–Crippen MR) is 87.9 cm³/mol. The van der Waals surface area contributed by atoms with E-state index in [0.29, 0.717) is 6.54 Å². The highest BCUT2D eigenvalue weighted by Gasteiger charge is 2.11. The minimum absolute atomic E-state index is 0.244. The second kappa shape index (κ2) is 7.24. The van der Waals surface area contributed by atoms with Gasteiger partial charge in [-0.05, 0) is 36.2 Å². The highest BCUT2D eigenvalue weighted by molar-refractivity contribution is 7.11. The third-order valence-corrected chi connectivity index (χ3v) is 4.40. The van der Waals surface area contributed by atoms with E-state index in [1.54, 1.807) is 11.3 Å². The van der Waals surface area contributed by atoms with E-state index in [1.165, 1.54) is 9.75 Å². The van der Waals surface area contributed by atoms with E-state index < -0.39 is 0 Å². The van der Waals surface area contributed by atoms with E-state index in [2.05, 4.69) is 19.1 Å². The van der Waals surface area contributed by atoms with Crippen LogP contribution in [-0.4, -0.2) is 17.4 Å². The SMILES string of the molecule is CCc1ccc(CN(CC(N)=O)Cc2cccc(N)c2)s1. The average Bonchev–Trinajstić information content (AvgIpc) is 2.85. The van der Waals surface area contributed by atoms with Crippen molar-refractivity contribution in [1.82, 2.24) is 4.90 Å². The van der Waals surface area contributed by atoms with Gasteiger partial charge in [0, 0.05) is 28.5 Å². The molecule has 0 unspecified atom stereocenters. The van der Waals surface area contributed by atoms with E-state index in [-0.39, 0.29) is 12.5 Å². The molecule has 4 nitrogen and oxygen atoms in total. The van der Waals surface area contributed by atoms with Crippen LogP contribution in [0.5, 0.6) is 0 Å². The number of anilines is 1. The molecule has 112 valence electrons. The van der Waals surface area contributed by atoms with Gasteiger partial charge in [0.25, 0.3) is 0 Å². The first-order chi connectivity index (χ1) is 10.1. The second-order valence-electron chi connectivity index (χ2n) is 5.08. The maximum Gasteiger partial charge on any atom is 0.231 e. The number of hydrogen-bond donors (Lipinski definition) is 2. The number of aryl methyl sites for hydroxylation is 1. The highest BCUT2D eigenvalue weighted by atomic mass is 32.1. The summed E-state index contributed by atoms with van der Waals surface area (Å²) in [4.78, 5) is 15.9. The molecule has 0 atom stereocenters. The van der Waals surface area contributed by atoms with Crippen molar-refractivity contribution in [1.29, 1.82) is 0 Å². The summed E-state index contributed by atoms with van der Waals surface area (Å²) >= 11 is 1.78. The lowest BCUT2D eigenvalue weighted by Crippen LogP contribution is -2.32. The first-order valence-corrected chi connectivity index (χ1v) is 7.81. The Morgan fingerprint density at radius 3 is 2.57 bits per heavy atom. The Labute approximate surface area is 129 Å². The monoisotopic (exact) mass is 303 g/mol. The molecule has 0 saturated heterocycles. The molecule has 2 aromatic rings. The number of nitrogen functional groups attached to an aromatic ring is 1. The van der Waals surface area contributed by atoms with Crippen molar-refractivity contribution < 1.29 is 4.79 Å². The fourth-order valence-corrected chi connectivity index (χ4v) is 3.26. The number of primary amides is 1. The van der Waals surface area contributed by atoms with Crippen LogP contribution in [0.25, 0.3) is 0 Å². The smallest absolute Gasteiger partial charge is 0.231 e. The molecular formula is C16H21N3OS. The Morgan fingerprint density at radius 1 is 1.19 bits per heavy atom. The number of benzene rings is 1. The lowest BCUT2D eigenvalue weighted by molar-refractivity contribution is -0.119. The number of carbonyl (C=O) groups excluding carboxylic acids is 1. The molecule has 4 N–H and O–H groups in total. The van der Waals surface area contributed by atoms with Crippen LogP contribution >= 0.6 is 11.3 Å². The van der Waals surface area contributed by atoms with Crippen molar-refractivity contribution in [3.63, 3.8) is 0 Å². The summed E-state index contributed by atoms with van der Waals surface area (Å²) in [5.74, 6) is -0.314. The molecule has 2 rings (SSSR count). The van der Waals surface area contributed by atoms with Crippen LogP contribution in [0.15, 0.2) is 36.4 Å². The number of thiophene rings is 1. The predicted octanol–water partition coefficient (Wildman–Crippen LogP) is 2.38. The van der Waals surface area contributed by atoms with Gasteiger partial charge in [-0.25, -0.2) is 0 Å². The first kappa shape index (κ1) is 15.5. The minimum atomic E-state index is -0.314. The van der Waals surface area contributed by atoms with E-state index in [9.17, 15) is 4.79 Å². The molecule has 21 heavy (non-hydrogen) atoms. The zero-order chi connectivity index (χ0) is 15.2. The summed E-state index contributed by atoms with van der Waals surface area (Å²) in [5, 5.41) is 0. The normalized spacial score (nSPS) is 11.0. The van der Waals surface area contributed by atoms with Gasteiger partial charge in [-0.3, -0.25) is 9.69 Å². The van der Waals surface area contributed by atoms with Crippen molar-refractivity contribution in [2.75, 3.05) is 12.3 Å². The molecule has 0 fully saturated rings. The number of nitrogens with two attached hydrogens (primary N) is 2. The van der Waals surface area contributed by atoms with Crippen LogP contribution in [0.2, 0.25) is 0 Å². The Balaban J connectivity index is 2.08. The quantitative estimate of drug-likeness (QED) is 0.771. The fourth-order valence-electron chi connectivity index (χ4n) is 2.26. The molecule has 1 amide bonds. The maximum atomic E-state index is 11.3. The lowest BCUT2D eigenvalue weighted by Gasteiger charge is -2.20. The Bertz CT molecular complexity index is 609. The standard InChI is InChI=1S/C16H21N3OS/c1-2-14-6-7-15(21-14)10-19(11-16(18)20)9-12-4-3-5-13(17)8-12/h3-8H,2,9-11,17H2,1H3,(H2,18,20). The van der Waals surface area contributed by atoms with Gasteiger partial charge >= 0.3 is 0 Å². The molecule has 0 bridgehead atoms. The number of nitrogens with zero attached hydrogens (tertiary/aromatic N) is 1. The third kappa shape index (κ3) is 4.88. The van der Waals surface area contributed by atoms with Crippen LogP contribution in [-0.2, 0) is 24.3 Å². The van der Waals surface area contributed by atoms with Gasteiger partial charge in [-0.1, -0.05) is 19.1 Å². The van der Waals surface area contributed by atoms with Crippen molar-refractivity contribution in [3.05, 3.63) is 51.7 Å². The van der Waals surface area contributed by atoms with Crippen molar-refractivity contribution in [2.45, 2.75) is 26.4 Å². The minimum Gasteiger partial charge on any atom is -0.399 e. The van der Waals surface area contributed by atoms with Gasteiger partial charge in [-0.2, -0.15) is 0 Å². The number of carbonyl (C=O) groups is 1. The van der Waals surface area contributed by atoms with Gasteiger partial charge in [0.15, 0.2) is 0 Å². The largest absolute Gasteiger partial charge is 0.399 e. The molecule has 1 aromatic carbocycles. The summed E-state index contributed by atoms with van der Waals surface area (Å²) in [7, 11) is 0. The topological polar surface area (TPSA) is 72.3 Å². The Kier molecular flexibility index (Phi) is 5.36. The molecular weight excluding hydrogens is 282 g/mol. The molecule has 0 radical (unpaired) electrons. The van der Waals surface area contributed by atoms with E-state index >= 15 is 0 Å². The van der Waals surface area contributed by atoms with Crippen molar-refractivity contribution in [3.8, 4) is 0 Å². The average molecular weight is 303 g/mol. The molecule has 0 saturated carbocycles. The molecule has 5 heteroatoms. The Morgan fingerprint density at radius 2 is 1.95 bits per heavy atom. The van der Waals surface area contributed by atoms with Crippen LogP contribution in [0, 0.1) is 0 Å². The molecule has 1 aromatic heterocycles. The first-order valence-electron chi connectivity index (χ1n) is 6.99. The molecule has 0 spiro atoms. The van der Waals surface area contributed by atoms with Crippen LogP contribution in [0.3, 0.4) is 0 Å². The van der Waals surface area contributed by atoms with Gasteiger partial charge in [0.05, 0.1) is 6.54 Å². The Hall–Kier alpha value is -1.85. The van der Waals surface area contributed by atoms with E-state index in [0.717, 1.165) is 24.2 Å². The van der Waals surface area contributed by atoms with Gasteiger partial charge in [0.1, 0.15) is 0 Å². The zero-order valence-electron chi connectivity index (χ0n) is 12.2. The van der Waals surface area contributed by atoms with Crippen LogP contribution in [0.4, 0.5) is 5.69 Å². The summed E-state index contributed by atoms with van der Waals surface area (Å²) in [6, 6.07) is 12.0. The van der Waals surface area contributed by atoms with Gasteiger partial charge in [-0.15, -0.1) is 11.3 Å². The fraction of sp³-hybridized carbons (Fsp3) is 0.312. The summed E-state index contributed by atoms with van der Waals surface area (Å²) in [6.45, 7) is 3.77. The molecule has 0 aliphatic carbocycles. The zero-order valence-corrected chi connectivity index (χ0v) is 13.0. The third-order valence-electron chi connectivity index (χ3n) is 3.18. The van der Waals surface area contributed by atoms with E-state index in [1.807, 2.05) is 29.2 Å².